The molecule has 0 saturated carbocycles. The van der Waals surface area contributed by atoms with Crippen molar-refractivity contribution in [2.75, 3.05) is 0 Å². The smallest absolute Gasteiger partial charge is 0.343 e. The predicted octanol–water partition coefficient (Wildman–Crippen LogP) is 0.458. The minimum Gasteiger partial charge on any atom is -0.423 e. The Morgan fingerprint density at radius 3 is 2.00 bits per heavy atom. The molecule has 0 aliphatic heterocycles. The van der Waals surface area contributed by atoms with Gasteiger partial charge in [0, 0.05) is 0 Å². The fourth-order valence-corrected chi connectivity index (χ4v) is 2.20. The molecule has 8 nitrogen and oxygen atoms in total. The highest BCUT2D eigenvalue weighted by molar-refractivity contribution is 7.89. The molecule has 120 valence electrons. The van der Waals surface area contributed by atoms with Gasteiger partial charge in [-0.3, -0.25) is 0 Å². The van der Waals surface area contributed by atoms with E-state index >= 15 is 0 Å². The molecule has 2 aromatic rings. The number of carbonyl (C=O) groups excluding carboxylic acids is 1. The summed E-state index contributed by atoms with van der Waals surface area (Å²) in [5.74, 6) is -0.504. The van der Waals surface area contributed by atoms with Crippen molar-refractivity contribution in [1.82, 2.24) is 0 Å². The van der Waals surface area contributed by atoms with Crippen LogP contribution in [0.15, 0.2) is 58.4 Å². The molecule has 0 spiro atoms. The Balaban J connectivity index is 2.11. The lowest BCUT2D eigenvalue weighted by molar-refractivity contribution is 0.0734. The quantitative estimate of drug-likeness (QED) is 0.320. The minimum absolute atomic E-state index is 0.0705. The Kier molecular flexibility index (Phi) is 4.63. The molecule has 0 fully saturated rings. The average Bonchev–Trinajstić information content (AvgIpc) is 2.47. The number of nitrogens with zero attached hydrogens (tertiary/aromatic N) is 1. The number of esters is 1. The van der Waals surface area contributed by atoms with Gasteiger partial charge in [0.15, 0.2) is 5.96 Å². The third kappa shape index (κ3) is 4.53. The monoisotopic (exact) mass is 334 g/mol. The molecule has 0 saturated heterocycles. The highest BCUT2D eigenvalue weighted by atomic mass is 32.2. The summed E-state index contributed by atoms with van der Waals surface area (Å²) in [5, 5.41) is 4.98. The van der Waals surface area contributed by atoms with Gasteiger partial charge in [-0.1, -0.05) is 0 Å². The van der Waals surface area contributed by atoms with Gasteiger partial charge in [0.25, 0.3) is 0 Å². The maximum absolute atomic E-state index is 12.0. The van der Waals surface area contributed by atoms with Crippen LogP contribution in [-0.2, 0) is 10.0 Å². The lowest BCUT2D eigenvalue weighted by Gasteiger charge is -2.05. The molecule has 0 amide bonds. The third-order valence-electron chi connectivity index (χ3n) is 2.72. The standard InChI is InChI=1S/C14H14N4O4S/c15-14(16)18-10-3-1-9(2-4-10)13(19)22-11-5-7-12(8-6-11)23(17,20)21/h1-8H,(H4,15,16,18)(H2,17,20,21). The zero-order valence-corrected chi connectivity index (χ0v) is 12.7. The van der Waals surface area contributed by atoms with E-state index in [2.05, 4.69) is 4.99 Å². The second-order valence-corrected chi connectivity index (χ2v) is 6.05. The van der Waals surface area contributed by atoms with Crippen molar-refractivity contribution in [3.05, 3.63) is 54.1 Å². The molecule has 2 aromatic carbocycles. The number of ether oxygens (including phenoxy) is 1. The number of nitrogens with two attached hydrogens (primary N) is 3. The van der Waals surface area contributed by atoms with Crippen LogP contribution in [0.1, 0.15) is 10.4 Å². The number of hydrogen-bond acceptors (Lipinski definition) is 5. The summed E-state index contributed by atoms with van der Waals surface area (Å²) >= 11 is 0. The van der Waals surface area contributed by atoms with Crippen molar-refractivity contribution in [1.29, 1.82) is 0 Å². The van der Waals surface area contributed by atoms with Crippen molar-refractivity contribution in [3.8, 4) is 5.75 Å². The summed E-state index contributed by atoms with van der Waals surface area (Å²) in [7, 11) is -3.79. The number of sulfonamides is 1. The van der Waals surface area contributed by atoms with Gasteiger partial charge in [-0.2, -0.15) is 0 Å². The molecule has 9 heteroatoms. The molecule has 0 bridgehead atoms. The van der Waals surface area contributed by atoms with Gasteiger partial charge in [0.1, 0.15) is 5.75 Å². The molecule has 0 unspecified atom stereocenters. The SMILES string of the molecule is NC(N)=Nc1ccc(C(=O)Oc2ccc(S(N)(=O)=O)cc2)cc1. The number of aliphatic imine (C=N–C) groups is 1. The van der Waals surface area contributed by atoms with Crippen LogP contribution in [0.25, 0.3) is 0 Å². The predicted molar refractivity (Wildman–Crippen MR) is 84.7 cm³/mol. The molecule has 0 aliphatic rings. The second kappa shape index (κ2) is 6.46. The first kappa shape index (κ1) is 16.5. The normalized spacial score (nSPS) is 10.8. The molecular formula is C14H14N4O4S. The average molecular weight is 334 g/mol. The number of carbonyl (C=O) groups is 1. The Morgan fingerprint density at radius 1 is 0.957 bits per heavy atom. The maximum Gasteiger partial charge on any atom is 0.343 e. The fraction of sp³-hybridized carbons (Fsp3) is 0. The first-order chi connectivity index (χ1) is 10.8. The van der Waals surface area contributed by atoms with E-state index in [1.807, 2.05) is 0 Å². The van der Waals surface area contributed by atoms with E-state index in [1.54, 1.807) is 12.1 Å². The molecule has 2 rings (SSSR count). The summed E-state index contributed by atoms with van der Waals surface area (Å²) < 4.78 is 27.4. The van der Waals surface area contributed by atoms with Crippen LogP contribution in [-0.4, -0.2) is 20.3 Å². The number of primary sulfonamides is 1. The summed E-state index contributed by atoms with van der Waals surface area (Å²) in [6.07, 6.45) is 0. The fourth-order valence-electron chi connectivity index (χ4n) is 1.68. The van der Waals surface area contributed by atoms with Crippen LogP contribution in [0.5, 0.6) is 5.75 Å². The van der Waals surface area contributed by atoms with Gasteiger partial charge in [-0.25, -0.2) is 23.3 Å². The number of guanidine groups is 1. The second-order valence-electron chi connectivity index (χ2n) is 4.49. The highest BCUT2D eigenvalue weighted by Crippen LogP contribution is 2.18. The topological polar surface area (TPSA) is 151 Å². The van der Waals surface area contributed by atoms with Gasteiger partial charge in [-0.15, -0.1) is 0 Å². The van der Waals surface area contributed by atoms with Crippen LogP contribution in [0, 0.1) is 0 Å². The maximum atomic E-state index is 12.0. The van der Waals surface area contributed by atoms with E-state index in [9.17, 15) is 13.2 Å². The molecule has 0 radical (unpaired) electrons. The van der Waals surface area contributed by atoms with Crippen molar-refractivity contribution < 1.29 is 17.9 Å². The van der Waals surface area contributed by atoms with E-state index in [1.165, 1.54) is 36.4 Å². The Morgan fingerprint density at radius 2 is 1.52 bits per heavy atom. The summed E-state index contributed by atoms with van der Waals surface area (Å²) in [5.41, 5.74) is 11.3. The van der Waals surface area contributed by atoms with E-state index in [0.717, 1.165) is 0 Å². The molecule has 0 aliphatic carbocycles. The van der Waals surface area contributed by atoms with Crippen molar-refractivity contribution in [2.24, 2.45) is 21.6 Å². The van der Waals surface area contributed by atoms with Crippen LogP contribution in [0.2, 0.25) is 0 Å². The van der Waals surface area contributed by atoms with E-state index in [-0.39, 0.29) is 22.2 Å². The number of rotatable bonds is 4. The Labute approximate surface area is 132 Å². The van der Waals surface area contributed by atoms with Crippen LogP contribution in [0.4, 0.5) is 5.69 Å². The molecule has 0 heterocycles. The zero-order chi connectivity index (χ0) is 17.0. The summed E-state index contributed by atoms with van der Waals surface area (Å²) in [4.78, 5) is 15.7. The molecular weight excluding hydrogens is 320 g/mol. The van der Waals surface area contributed by atoms with Crippen LogP contribution >= 0.6 is 0 Å². The zero-order valence-electron chi connectivity index (χ0n) is 11.8. The van der Waals surface area contributed by atoms with Gasteiger partial charge in [0.05, 0.1) is 16.1 Å². The van der Waals surface area contributed by atoms with Gasteiger partial charge in [-0.05, 0) is 48.5 Å². The van der Waals surface area contributed by atoms with E-state index in [4.69, 9.17) is 21.3 Å². The van der Waals surface area contributed by atoms with Gasteiger partial charge >= 0.3 is 5.97 Å². The Hall–Kier alpha value is -2.91. The van der Waals surface area contributed by atoms with Crippen LogP contribution < -0.4 is 21.3 Å². The number of hydrogen-bond donors (Lipinski definition) is 3. The van der Waals surface area contributed by atoms with Gasteiger partial charge in [0.2, 0.25) is 10.0 Å². The summed E-state index contributed by atoms with van der Waals surface area (Å²) in [6, 6.07) is 11.3. The molecule has 0 atom stereocenters. The van der Waals surface area contributed by atoms with Crippen molar-refractivity contribution >= 4 is 27.6 Å². The largest absolute Gasteiger partial charge is 0.423 e. The Bertz CT molecular complexity index is 839. The third-order valence-corrected chi connectivity index (χ3v) is 3.65. The van der Waals surface area contributed by atoms with E-state index < -0.39 is 16.0 Å². The van der Waals surface area contributed by atoms with Gasteiger partial charge < -0.3 is 16.2 Å². The molecule has 0 aromatic heterocycles. The van der Waals surface area contributed by atoms with Crippen molar-refractivity contribution in [3.63, 3.8) is 0 Å². The van der Waals surface area contributed by atoms with Crippen LogP contribution in [0.3, 0.4) is 0 Å². The first-order valence-corrected chi connectivity index (χ1v) is 7.85. The van der Waals surface area contributed by atoms with E-state index in [0.29, 0.717) is 5.69 Å². The first-order valence-electron chi connectivity index (χ1n) is 6.30. The lowest BCUT2D eigenvalue weighted by Crippen LogP contribution is -2.21. The molecule has 6 N–H and O–H groups in total. The summed E-state index contributed by atoms with van der Waals surface area (Å²) in [6.45, 7) is 0. The lowest BCUT2D eigenvalue weighted by atomic mass is 10.2. The molecule has 23 heavy (non-hydrogen) atoms. The minimum atomic E-state index is -3.79. The van der Waals surface area contributed by atoms with Crippen molar-refractivity contribution in [2.45, 2.75) is 4.90 Å². The highest BCUT2D eigenvalue weighted by Gasteiger charge is 2.11. The number of benzene rings is 2.